The van der Waals surface area contributed by atoms with E-state index in [0.29, 0.717) is 5.95 Å². The molecule has 0 amide bonds. The molecule has 0 N–H and O–H groups in total. The zero-order valence-corrected chi connectivity index (χ0v) is 20.2. The highest BCUT2D eigenvalue weighted by molar-refractivity contribution is 6.14. The normalized spacial score (nSPS) is 14.1. The third-order valence-electron chi connectivity index (χ3n) is 8.01. The smallest absolute Gasteiger partial charge is 0.235 e. The third-order valence-corrected chi connectivity index (χ3v) is 8.01. The summed E-state index contributed by atoms with van der Waals surface area (Å²) in [5.41, 5.74) is 8.50. The van der Waals surface area contributed by atoms with Gasteiger partial charge in [-0.2, -0.15) is 0 Å². The third kappa shape index (κ3) is 2.42. The van der Waals surface area contributed by atoms with E-state index in [0.717, 1.165) is 16.4 Å². The molecule has 0 bridgehead atoms. The first-order valence-electron chi connectivity index (χ1n) is 12.4. The van der Waals surface area contributed by atoms with Gasteiger partial charge in [0.25, 0.3) is 0 Å². The number of para-hydroxylation sites is 2. The molecule has 0 saturated heterocycles. The van der Waals surface area contributed by atoms with Crippen LogP contribution in [0.4, 0.5) is 0 Å². The molecule has 8 rings (SSSR count). The first kappa shape index (κ1) is 19.8. The average Bonchev–Trinajstić information content (AvgIpc) is 3.37. The molecule has 1 aliphatic rings. The largest absolute Gasteiger partial charge is 0.278 e. The van der Waals surface area contributed by atoms with E-state index in [9.17, 15) is 0 Å². The van der Waals surface area contributed by atoms with Gasteiger partial charge in [0.15, 0.2) is 0 Å². The highest BCUT2D eigenvalue weighted by Gasteiger charge is 2.39. The number of benzene rings is 5. The Balaban J connectivity index is 1.56. The Morgan fingerprint density at radius 3 is 2.31 bits per heavy atom. The molecule has 0 aliphatic heterocycles. The molecule has 2 aromatic heterocycles. The van der Waals surface area contributed by atoms with Gasteiger partial charge in [-0.15, -0.1) is 0 Å². The Bertz CT molecular complexity index is 2030. The fraction of sp³-hybridized carbons (Fsp3) is 0.0909. The van der Waals surface area contributed by atoms with Crippen molar-refractivity contribution in [2.24, 2.45) is 0 Å². The lowest BCUT2D eigenvalue weighted by Gasteiger charge is -2.23. The minimum Gasteiger partial charge on any atom is -0.278 e. The molecule has 170 valence electrons. The molecule has 0 fully saturated rings. The lowest BCUT2D eigenvalue weighted by atomic mass is 9.81. The van der Waals surface area contributed by atoms with Crippen molar-refractivity contribution >= 4 is 43.5 Å². The summed E-state index contributed by atoms with van der Waals surface area (Å²) in [4.78, 5) is 9.92. The van der Waals surface area contributed by atoms with Crippen LogP contribution in [0.2, 0.25) is 0 Å². The maximum atomic E-state index is 5.04. The van der Waals surface area contributed by atoms with E-state index in [4.69, 9.17) is 9.97 Å². The SMILES string of the molecule is CC1(C)c2ccc3ccccc3c2-c2ccc3c4ccccc4n(-c4ncc5ccccc5n4)c3c21. The van der Waals surface area contributed by atoms with Gasteiger partial charge in [-0.3, -0.25) is 4.57 Å². The van der Waals surface area contributed by atoms with E-state index < -0.39 is 0 Å². The van der Waals surface area contributed by atoms with Gasteiger partial charge in [-0.05, 0) is 45.2 Å². The number of hydrogen-bond acceptors (Lipinski definition) is 2. The molecule has 7 aromatic rings. The van der Waals surface area contributed by atoms with Gasteiger partial charge in [-0.1, -0.05) is 98.8 Å². The Morgan fingerprint density at radius 2 is 1.42 bits per heavy atom. The van der Waals surface area contributed by atoms with E-state index in [1.165, 1.54) is 49.3 Å². The van der Waals surface area contributed by atoms with Crippen molar-refractivity contribution in [1.82, 2.24) is 14.5 Å². The summed E-state index contributed by atoms with van der Waals surface area (Å²) in [5, 5.41) is 6.10. The number of aromatic nitrogens is 3. The van der Waals surface area contributed by atoms with Crippen molar-refractivity contribution in [1.29, 1.82) is 0 Å². The Hall–Kier alpha value is -4.50. The summed E-state index contributed by atoms with van der Waals surface area (Å²) < 4.78 is 2.28. The van der Waals surface area contributed by atoms with Crippen LogP contribution < -0.4 is 0 Å². The zero-order chi connectivity index (χ0) is 24.0. The fourth-order valence-corrected chi connectivity index (χ4v) is 6.39. The molecular weight excluding hydrogens is 438 g/mol. The van der Waals surface area contributed by atoms with Crippen LogP contribution in [0.15, 0.2) is 103 Å². The second-order valence-corrected chi connectivity index (χ2v) is 10.3. The van der Waals surface area contributed by atoms with Crippen LogP contribution in [0.25, 0.3) is 60.6 Å². The van der Waals surface area contributed by atoms with E-state index in [1.807, 2.05) is 18.3 Å². The van der Waals surface area contributed by atoms with Crippen LogP contribution >= 0.6 is 0 Å². The van der Waals surface area contributed by atoms with Crippen LogP contribution in [0.3, 0.4) is 0 Å². The van der Waals surface area contributed by atoms with Gasteiger partial charge < -0.3 is 0 Å². The Morgan fingerprint density at radius 1 is 0.667 bits per heavy atom. The summed E-state index contributed by atoms with van der Waals surface area (Å²) in [5.74, 6) is 0.713. The predicted molar refractivity (Wildman–Crippen MR) is 149 cm³/mol. The monoisotopic (exact) mass is 461 g/mol. The Labute approximate surface area is 208 Å². The molecule has 5 aromatic carbocycles. The quantitative estimate of drug-likeness (QED) is 0.247. The van der Waals surface area contributed by atoms with E-state index in [-0.39, 0.29) is 5.41 Å². The lowest BCUT2D eigenvalue weighted by Crippen LogP contribution is -2.17. The van der Waals surface area contributed by atoms with E-state index >= 15 is 0 Å². The summed E-state index contributed by atoms with van der Waals surface area (Å²) in [6.45, 7) is 4.71. The van der Waals surface area contributed by atoms with Crippen molar-refractivity contribution in [2.45, 2.75) is 19.3 Å². The number of hydrogen-bond donors (Lipinski definition) is 0. The molecule has 0 unspecified atom stereocenters. The summed E-state index contributed by atoms with van der Waals surface area (Å²) >= 11 is 0. The number of rotatable bonds is 1. The van der Waals surface area contributed by atoms with E-state index in [2.05, 4.69) is 103 Å². The minimum absolute atomic E-state index is 0.169. The molecule has 0 saturated carbocycles. The van der Waals surface area contributed by atoms with Crippen LogP contribution in [0, 0.1) is 0 Å². The maximum Gasteiger partial charge on any atom is 0.235 e. The van der Waals surface area contributed by atoms with Crippen molar-refractivity contribution in [3.63, 3.8) is 0 Å². The van der Waals surface area contributed by atoms with Crippen molar-refractivity contribution in [2.75, 3.05) is 0 Å². The predicted octanol–water partition coefficient (Wildman–Crippen LogP) is 8.19. The molecule has 0 atom stereocenters. The minimum atomic E-state index is -0.169. The van der Waals surface area contributed by atoms with Gasteiger partial charge in [-0.25, -0.2) is 9.97 Å². The molecular formula is C33H23N3. The van der Waals surface area contributed by atoms with Gasteiger partial charge in [0, 0.05) is 27.8 Å². The highest BCUT2D eigenvalue weighted by Crippen LogP contribution is 2.54. The molecule has 3 heteroatoms. The molecule has 2 heterocycles. The van der Waals surface area contributed by atoms with Crippen LogP contribution in [0.1, 0.15) is 25.0 Å². The standard InChI is InChI=1S/C33H23N3/c1-33(2)26-18-15-20-9-3-5-11-22(20)29(26)25-17-16-24-23-12-6-8-14-28(23)36(31(24)30(25)33)32-34-19-21-10-4-7-13-27(21)35-32/h3-19H,1-2H3. The van der Waals surface area contributed by atoms with E-state index in [1.54, 1.807) is 0 Å². The van der Waals surface area contributed by atoms with Crippen LogP contribution in [0.5, 0.6) is 0 Å². The number of nitrogens with zero attached hydrogens (tertiary/aromatic N) is 3. The summed E-state index contributed by atoms with van der Waals surface area (Å²) in [7, 11) is 0. The van der Waals surface area contributed by atoms with Gasteiger partial charge in [0.2, 0.25) is 5.95 Å². The molecule has 0 radical (unpaired) electrons. The number of fused-ring (bicyclic) bond motifs is 10. The topological polar surface area (TPSA) is 30.7 Å². The lowest BCUT2D eigenvalue weighted by molar-refractivity contribution is 0.664. The molecule has 0 spiro atoms. The highest BCUT2D eigenvalue weighted by atomic mass is 15.2. The molecule has 36 heavy (non-hydrogen) atoms. The van der Waals surface area contributed by atoms with Gasteiger partial charge in [0.05, 0.1) is 16.6 Å². The van der Waals surface area contributed by atoms with Crippen molar-refractivity contribution in [3.05, 3.63) is 114 Å². The second-order valence-electron chi connectivity index (χ2n) is 10.3. The van der Waals surface area contributed by atoms with Crippen molar-refractivity contribution in [3.8, 4) is 17.1 Å². The first-order valence-corrected chi connectivity index (χ1v) is 12.4. The fourth-order valence-electron chi connectivity index (χ4n) is 6.39. The summed E-state index contributed by atoms with van der Waals surface area (Å²) in [6.07, 6.45) is 1.94. The van der Waals surface area contributed by atoms with Crippen LogP contribution in [-0.2, 0) is 5.41 Å². The second kappa shape index (κ2) is 6.79. The zero-order valence-electron chi connectivity index (χ0n) is 20.2. The average molecular weight is 462 g/mol. The molecule has 1 aliphatic carbocycles. The van der Waals surface area contributed by atoms with Gasteiger partial charge in [0.1, 0.15) is 0 Å². The molecule has 3 nitrogen and oxygen atoms in total. The summed E-state index contributed by atoms with van der Waals surface area (Å²) in [6, 6.07) is 34.7. The Kier molecular flexibility index (Phi) is 3.73. The van der Waals surface area contributed by atoms with Gasteiger partial charge >= 0.3 is 0 Å². The first-order chi connectivity index (χ1) is 17.6. The van der Waals surface area contributed by atoms with Crippen molar-refractivity contribution < 1.29 is 0 Å². The van der Waals surface area contributed by atoms with Crippen LogP contribution in [-0.4, -0.2) is 14.5 Å². The maximum absolute atomic E-state index is 5.04.